The Morgan fingerprint density at radius 1 is 1.19 bits per heavy atom. The van der Waals surface area contributed by atoms with Crippen molar-refractivity contribution in [1.29, 1.82) is 0 Å². The maximum Gasteiger partial charge on any atom is 0.293 e. The second kappa shape index (κ2) is 9.86. The molecule has 0 saturated carbocycles. The molecule has 0 saturated heterocycles. The number of carbonyl (C=O) groups excluding carboxylic acids is 1. The van der Waals surface area contributed by atoms with Crippen molar-refractivity contribution in [2.75, 3.05) is 25.6 Å². The number of hydrogen-bond donors (Lipinski definition) is 2. The fraction of sp³-hybridized carbons (Fsp3) is 0.273. The number of aromatic nitrogens is 2. The van der Waals surface area contributed by atoms with Crippen molar-refractivity contribution in [3.05, 3.63) is 81.2 Å². The van der Waals surface area contributed by atoms with E-state index in [1.54, 1.807) is 13.2 Å². The minimum absolute atomic E-state index is 0.159. The predicted molar refractivity (Wildman–Crippen MR) is 118 cm³/mol. The number of amides is 1. The molecule has 3 rings (SSSR count). The topological polar surface area (TPSA) is 111 Å². The maximum absolute atomic E-state index is 12.7. The van der Waals surface area contributed by atoms with E-state index in [0.717, 1.165) is 22.6 Å². The standard InChI is InChI=1S/C22H25N5O4/c1-15-19(16(2)26(25-15)18-7-5-4-6-8-18)14-24-22(28)17-9-10-20(23-11-12-31-3)21(13-17)27(29)30/h4-10,13,23H,11-12,14H2,1-3H3,(H,24,28). The molecule has 0 spiro atoms. The van der Waals surface area contributed by atoms with Crippen molar-refractivity contribution < 1.29 is 14.5 Å². The molecule has 0 unspecified atom stereocenters. The molecule has 0 aliphatic rings. The van der Waals surface area contributed by atoms with Crippen LogP contribution in [-0.4, -0.2) is 40.9 Å². The Bertz CT molecular complexity index is 1080. The van der Waals surface area contributed by atoms with Gasteiger partial charge < -0.3 is 15.4 Å². The van der Waals surface area contributed by atoms with Crippen molar-refractivity contribution in [3.63, 3.8) is 0 Å². The van der Waals surface area contributed by atoms with E-state index in [4.69, 9.17) is 4.74 Å². The Morgan fingerprint density at radius 2 is 1.94 bits per heavy atom. The normalized spacial score (nSPS) is 10.7. The fourth-order valence-electron chi connectivity index (χ4n) is 3.28. The monoisotopic (exact) mass is 423 g/mol. The molecule has 3 aromatic rings. The third kappa shape index (κ3) is 5.07. The highest BCUT2D eigenvalue weighted by Gasteiger charge is 2.19. The highest BCUT2D eigenvalue weighted by Crippen LogP contribution is 2.25. The molecule has 0 aliphatic carbocycles. The third-order valence-electron chi connectivity index (χ3n) is 4.95. The number of benzene rings is 2. The lowest BCUT2D eigenvalue weighted by molar-refractivity contribution is -0.384. The Balaban J connectivity index is 1.75. The van der Waals surface area contributed by atoms with Crippen LogP contribution in [0.4, 0.5) is 11.4 Å². The van der Waals surface area contributed by atoms with Crippen molar-refractivity contribution in [2.45, 2.75) is 20.4 Å². The average Bonchev–Trinajstić information content (AvgIpc) is 3.06. The van der Waals surface area contributed by atoms with Crippen LogP contribution in [0.15, 0.2) is 48.5 Å². The molecule has 0 atom stereocenters. The van der Waals surface area contributed by atoms with E-state index < -0.39 is 10.8 Å². The number of hydrogen-bond acceptors (Lipinski definition) is 6. The van der Waals surface area contributed by atoms with Crippen LogP contribution in [0.25, 0.3) is 5.69 Å². The van der Waals surface area contributed by atoms with Gasteiger partial charge in [-0.25, -0.2) is 4.68 Å². The van der Waals surface area contributed by atoms with Gasteiger partial charge in [0.2, 0.25) is 0 Å². The zero-order chi connectivity index (χ0) is 22.4. The van der Waals surface area contributed by atoms with E-state index in [-0.39, 0.29) is 17.8 Å². The van der Waals surface area contributed by atoms with E-state index >= 15 is 0 Å². The molecule has 9 nitrogen and oxygen atoms in total. The Morgan fingerprint density at radius 3 is 2.61 bits per heavy atom. The quantitative estimate of drug-likeness (QED) is 0.310. The molecular formula is C22H25N5O4. The van der Waals surface area contributed by atoms with Gasteiger partial charge in [-0.05, 0) is 38.1 Å². The lowest BCUT2D eigenvalue weighted by atomic mass is 10.1. The summed E-state index contributed by atoms with van der Waals surface area (Å²) in [4.78, 5) is 23.6. The molecule has 0 radical (unpaired) electrons. The average molecular weight is 423 g/mol. The SMILES string of the molecule is COCCNc1ccc(C(=O)NCc2c(C)nn(-c3ccccc3)c2C)cc1[N+](=O)[O-]. The zero-order valence-electron chi connectivity index (χ0n) is 17.7. The van der Waals surface area contributed by atoms with Gasteiger partial charge >= 0.3 is 0 Å². The number of nitrogens with zero attached hydrogens (tertiary/aromatic N) is 3. The number of anilines is 1. The van der Waals surface area contributed by atoms with Crippen LogP contribution in [0.3, 0.4) is 0 Å². The molecule has 2 N–H and O–H groups in total. The summed E-state index contributed by atoms with van der Waals surface area (Å²) in [7, 11) is 1.55. The number of aryl methyl sites for hydroxylation is 1. The van der Waals surface area contributed by atoms with Crippen LogP contribution in [0.2, 0.25) is 0 Å². The van der Waals surface area contributed by atoms with Gasteiger partial charge in [0.05, 0.1) is 22.9 Å². The number of rotatable bonds is 9. The number of nitrogens with one attached hydrogen (secondary N) is 2. The van der Waals surface area contributed by atoms with E-state index in [1.165, 1.54) is 12.1 Å². The van der Waals surface area contributed by atoms with E-state index in [0.29, 0.717) is 18.8 Å². The second-order valence-electron chi connectivity index (χ2n) is 6.99. The molecule has 2 aromatic carbocycles. The summed E-state index contributed by atoms with van der Waals surface area (Å²) < 4.78 is 6.78. The van der Waals surface area contributed by atoms with Crippen LogP contribution < -0.4 is 10.6 Å². The summed E-state index contributed by atoms with van der Waals surface area (Å²) in [6, 6.07) is 14.1. The molecule has 162 valence electrons. The summed E-state index contributed by atoms with van der Waals surface area (Å²) in [6.45, 7) is 4.94. The first-order chi connectivity index (χ1) is 14.9. The van der Waals surface area contributed by atoms with Crippen molar-refractivity contribution in [2.24, 2.45) is 0 Å². The molecule has 1 amide bonds. The van der Waals surface area contributed by atoms with Gasteiger partial charge in [0, 0.05) is 43.1 Å². The Hall–Kier alpha value is -3.72. The van der Waals surface area contributed by atoms with Crippen LogP contribution in [-0.2, 0) is 11.3 Å². The lowest BCUT2D eigenvalue weighted by Gasteiger charge is -2.10. The first-order valence-corrected chi connectivity index (χ1v) is 9.82. The molecule has 9 heteroatoms. The fourth-order valence-corrected chi connectivity index (χ4v) is 3.28. The van der Waals surface area contributed by atoms with Gasteiger partial charge in [0.1, 0.15) is 5.69 Å². The largest absolute Gasteiger partial charge is 0.383 e. The van der Waals surface area contributed by atoms with Crippen molar-refractivity contribution in [1.82, 2.24) is 15.1 Å². The zero-order valence-corrected chi connectivity index (χ0v) is 17.7. The number of nitro benzene ring substituents is 1. The molecule has 1 heterocycles. The number of methoxy groups -OCH3 is 1. The number of nitro groups is 1. The van der Waals surface area contributed by atoms with Crippen LogP contribution in [0.1, 0.15) is 27.3 Å². The summed E-state index contributed by atoms with van der Waals surface area (Å²) in [5, 5.41) is 21.8. The smallest absolute Gasteiger partial charge is 0.293 e. The van der Waals surface area contributed by atoms with Gasteiger partial charge in [-0.3, -0.25) is 14.9 Å². The minimum Gasteiger partial charge on any atom is -0.383 e. The third-order valence-corrected chi connectivity index (χ3v) is 4.95. The van der Waals surface area contributed by atoms with Crippen LogP contribution in [0, 0.1) is 24.0 Å². The Labute approximate surface area is 180 Å². The summed E-state index contributed by atoms with van der Waals surface area (Å²) in [5.74, 6) is -0.391. The molecule has 0 fully saturated rings. The van der Waals surface area contributed by atoms with E-state index in [9.17, 15) is 14.9 Å². The minimum atomic E-state index is -0.510. The molecule has 0 aliphatic heterocycles. The van der Waals surface area contributed by atoms with Gasteiger partial charge in [-0.2, -0.15) is 5.10 Å². The first kappa shape index (κ1) is 22.0. The van der Waals surface area contributed by atoms with E-state index in [1.807, 2.05) is 48.9 Å². The van der Waals surface area contributed by atoms with Gasteiger partial charge in [0.25, 0.3) is 11.6 Å². The lowest BCUT2D eigenvalue weighted by Crippen LogP contribution is -2.23. The van der Waals surface area contributed by atoms with Gasteiger partial charge in [-0.1, -0.05) is 18.2 Å². The number of para-hydroxylation sites is 1. The van der Waals surface area contributed by atoms with Crippen LogP contribution in [0.5, 0.6) is 0 Å². The van der Waals surface area contributed by atoms with E-state index in [2.05, 4.69) is 15.7 Å². The van der Waals surface area contributed by atoms with Crippen LogP contribution >= 0.6 is 0 Å². The summed E-state index contributed by atoms with van der Waals surface area (Å²) in [5.41, 5.74) is 3.98. The number of ether oxygens (including phenoxy) is 1. The first-order valence-electron chi connectivity index (χ1n) is 9.82. The molecule has 1 aromatic heterocycles. The molecule has 31 heavy (non-hydrogen) atoms. The molecular weight excluding hydrogens is 398 g/mol. The summed E-state index contributed by atoms with van der Waals surface area (Å²) in [6.07, 6.45) is 0. The second-order valence-corrected chi connectivity index (χ2v) is 6.99. The maximum atomic E-state index is 12.7. The molecule has 0 bridgehead atoms. The highest BCUT2D eigenvalue weighted by atomic mass is 16.6. The van der Waals surface area contributed by atoms with Crippen molar-refractivity contribution in [3.8, 4) is 5.69 Å². The number of carbonyl (C=O) groups is 1. The highest BCUT2D eigenvalue weighted by molar-refractivity contribution is 5.95. The summed E-state index contributed by atoms with van der Waals surface area (Å²) >= 11 is 0. The predicted octanol–water partition coefficient (Wildman–Crippen LogP) is 3.39. The Kier molecular flexibility index (Phi) is 6.99. The van der Waals surface area contributed by atoms with Crippen molar-refractivity contribution >= 4 is 17.3 Å². The van der Waals surface area contributed by atoms with Gasteiger partial charge in [0.15, 0.2) is 0 Å². The van der Waals surface area contributed by atoms with Gasteiger partial charge in [-0.15, -0.1) is 0 Å².